The standard InChI is InChI=1S/C23H25NO5/c1-14-11-19(28-4)22-15(2)18(23(26)29-20(22)12-14)13-21(25)24-10-9-16-5-7-17(27-3)8-6-16/h5-8,11-12H,9-10,13H2,1-4H3,(H,24,25). The van der Waals surface area contributed by atoms with Gasteiger partial charge in [0.05, 0.1) is 31.6 Å². The number of hydrogen-bond acceptors (Lipinski definition) is 5. The van der Waals surface area contributed by atoms with E-state index in [1.807, 2.05) is 44.2 Å². The van der Waals surface area contributed by atoms with E-state index in [2.05, 4.69) is 5.32 Å². The smallest absolute Gasteiger partial charge is 0.340 e. The van der Waals surface area contributed by atoms with Crippen molar-refractivity contribution >= 4 is 16.9 Å². The summed E-state index contributed by atoms with van der Waals surface area (Å²) in [5.74, 6) is 1.20. The van der Waals surface area contributed by atoms with Gasteiger partial charge in [-0.25, -0.2) is 4.79 Å². The molecule has 3 rings (SSSR count). The van der Waals surface area contributed by atoms with Gasteiger partial charge in [0.2, 0.25) is 5.91 Å². The molecule has 0 unspecified atom stereocenters. The lowest BCUT2D eigenvalue weighted by atomic mass is 10.0. The average Bonchev–Trinajstić information content (AvgIpc) is 2.70. The number of nitrogens with one attached hydrogen (secondary N) is 1. The Bertz CT molecular complexity index is 1080. The quantitative estimate of drug-likeness (QED) is 0.621. The van der Waals surface area contributed by atoms with Gasteiger partial charge in [-0.3, -0.25) is 4.79 Å². The van der Waals surface area contributed by atoms with Crippen molar-refractivity contribution in [2.45, 2.75) is 26.7 Å². The van der Waals surface area contributed by atoms with E-state index in [1.165, 1.54) is 0 Å². The molecular weight excluding hydrogens is 370 g/mol. The van der Waals surface area contributed by atoms with Crippen LogP contribution in [-0.4, -0.2) is 26.7 Å². The molecule has 0 aliphatic carbocycles. The SMILES string of the molecule is COc1ccc(CCNC(=O)Cc2c(C)c3c(OC)cc(C)cc3oc2=O)cc1. The lowest BCUT2D eigenvalue weighted by Crippen LogP contribution is -2.29. The van der Waals surface area contributed by atoms with E-state index in [1.54, 1.807) is 20.3 Å². The lowest BCUT2D eigenvalue weighted by Gasteiger charge is -2.12. The van der Waals surface area contributed by atoms with E-state index >= 15 is 0 Å². The van der Waals surface area contributed by atoms with Crippen LogP contribution in [0.15, 0.2) is 45.6 Å². The summed E-state index contributed by atoms with van der Waals surface area (Å²) in [7, 11) is 3.20. The third-order valence-corrected chi connectivity index (χ3v) is 4.94. The van der Waals surface area contributed by atoms with E-state index < -0.39 is 5.63 Å². The fraction of sp³-hybridized carbons (Fsp3) is 0.304. The molecule has 0 aliphatic heterocycles. The third-order valence-electron chi connectivity index (χ3n) is 4.94. The number of amides is 1. The van der Waals surface area contributed by atoms with Gasteiger partial charge in [0.25, 0.3) is 0 Å². The highest BCUT2D eigenvalue weighted by atomic mass is 16.5. The number of carbonyl (C=O) groups excluding carboxylic acids is 1. The second-order valence-corrected chi connectivity index (χ2v) is 6.96. The van der Waals surface area contributed by atoms with Gasteiger partial charge in [0.15, 0.2) is 0 Å². The van der Waals surface area contributed by atoms with Crippen LogP contribution in [0.4, 0.5) is 0 Å². The van der Waals surface area contributed by atoms with Gasteiger partial charge in [-0.1, -0.05) is 12.1 Å². The Balaban J connectivity index is 1.72. The zero-order chi connectivity index (χ0) is 21.0. The maximum absolute atomic E-state index is 12.5. The molecule has 0 saturated carbocycles. The third kappa shape index (κ3) is 4.59. The maximum atomic E-state index is 12.5. The highest BCUT2D eigenvalue weighted by Gasteiger charge is 2.17. The minimum Gasteiger partial charge on any atom is -0.497 e. The number of carbonyl (C=O) groups is 1. The summed E-state index contributed by atoms with van der Waals surface area (Å²) in [6.45, 7) is 4.20. The molecule has 29 heavy (non-hydrogen) atoms. The molecule has 1 N–H and O–H groups in total. The average molecular weight is 395 g/mol. The van der Waals surface area contributed by atoms with Crippen molar-refractivity contribution in [3.63, 3.8) is 0 Å². The number of methoxy groups -OCH3 is 2. The Labute approximate surface area is 169 Å². The summed E-state index contributed by atoms with van der Waals surface area (Å²) in [6, 6.07) is 11.4. The fourth-order valence-electron chi connectivity index (χ4n) is 3.36. The number of hydrogen-bond donors (Lipinski definition) is 1. The predicted octanol–water partition coefficient (Wildman–Crippen LogP) is 3.33. The molecule has 0 saturated heterocycles. The molecule has 0 spiro atoms. The summed E-state index contributed by atoms with van der Waals surface area (Å²) in [6.07, 6.45) is 0.651. The Morgan fingerprint density at radius 2 is 1.79 bits per heavy atom. The van der Waals surface area contributed by atoms with E-state index in [4.69, 9.17) is 13.9 Å². The van der Waals surface area contributed by atoms with Gasteiger partial charge in [-0.2, -0.15) is 0 Å². The Hall–Kier alpha value is -3.28. The highest BCUT2D eigenvalue weighted by molar-refractivity contribution is 5.89. The summed E-state index contributed by atoms with van der Waals surface area (Å²) in [5.41, 5.74) is 3.05. The van der Waals surface area contributed by atoms with Crippen LogP contribution in [0.5, 0.6) is 11.5 Å². The Kier molecular flexibility index (Phi) is 6.22. The molecule has 1 heterocycles. The van der Waals surface area contributed by atoms with Crippen LogP contribution in [0.25, 0.3) is 11.0 Å². The number of rotatable bonds is 7. The van der Waals surface area contributed by atoms with Crippen molar-refractivity contribution in [2.24, 2.45) is 0 Å². The molecule has 0 atom stereocenters. The second kappa shape index (κ2) is 8.82. The van der Waals surface area contributed by atoms with Gasteiger partial charge in [-0.05, 0) is 61.2 Å². The molecule has 0 fully saturated rings. The van der Waals surface area contributed by atoms with E-state index in [0.717, 1.165) is 22.3 Å². The molecule has 0 radical (unpaired) electrons. The number of aryl methyl sites for hydroxylation is 2. The van der Waals surface area contributed by atoms with Crippen LogP contribution in [-0.2, 0) is 17.6 Å². The van der Waals surface area contributed by atoms with E-state index in [-0.39, 0.29) is 12.3 Å². The van der Waals surface area contributed by atoms with Crippen LogP contribution in [0.2, 0.25) is 0 Å². The number of fused-ring (bicyclic) bond motifs is 1. The molecule has 0 bridgehead atoms. The van der Waals surface area contributed by atoms with E-state index in [9.17, 15) is 9.59 Å². The highest BCUT2D eigenvalue weighted by Crippen LogP contribution is 2.30. The maximum Gasteiger partial charge on any atom is 0.340 e. The normalized spacial score (nSPS) is 10.8. The molecule has 152 valence electrons. The molecule has 1 amide bonds. The zero-order valence-electron chi connectivity index (χ0n) is 17.1. The second-order valence-electron chi connectivity index (χ2n) is 6.96. The lowest BCUT2D eigenvalue weighted by molar-refractivity contribution is -0.120. The first-order valence-corrected chi connectivity index (χ1v) is 9.43. The molecule has 3 aromatic rings. The topological polar surface area (TPSA) is 77.8 Å². The molecule has 0 aliphatic rings. The van der Waals surface area contributed by atoms with Crippen molar-refractivity contribution < 1.29 is 18.7 Å². The van der Waals surface area contributed by atoms with Crippen molar-refractivity contribution in [2.75, 3.05) is 20.8 Å². The first kappa shape index (κ1) is 20.5. The Morgan fingerprint density at radius 1 is 1.07 bits per heavy atom. The molecule has 1 aromatic heterocycles. The zero-order valence-corrected chi connectivity index (χ0v) is 17.1. The predicted molar refractivity (Wildman–Crippen MR) is 112 cm³/mol. The molecule has 6 nitrogen and oxygen atoms in total. The number of benzene rings is 2. The van der Waals surface area contributed by atoms with Crippen molar-refractivity contribution in [3.8, 4) is 11.5 Å². The molecular formula is C23H25NO5. The minimum atomic E-state index is -0.493. The minimum absolute atomic E-state index is 0.0379. The summed E-state index contributed by atoms with van der Waals surface area (Å²) >= 11 is 0. The summed E-state index contributed by atoms with van der Waals surface area (Å²) in [4.78, 5) is 24.9. The van der Waals surface area contributed by atoms with Crippen molar-refractivity contribution in [1.29, 1.82) is 0 Å². The van der Waals surface area contributed by atoms with Gasteiger partial charge in [0, 0.05) is 6.54 Å². The first-order chi connectivity index (χ1) is 13.9. The monoisotopic (exact) mass is 395 g/mol. The van der Waals surface area contributed by atoms with Crippen LogP contribution in [0.3, 0.4) is 0 Å². The van der Waals surface area contributed by atoms with Crippen LogP contribution < -0.4 is 20.4 Å². The molecule has 6 heteroatoms. The van der Waals surface area contributed by atoms with Crippen LogP contribution in [0.1, 0.15) is 22.3 Å². The fourth-order valence-corrected chi connectivity index (χ4v) is 3.36. The summed E-state index contributed by atoms with van der Waals surface area (Å²) < 4.78 is 16.1. The van der Waals surface area contributed by atoms with Gasteiger partial charge in [-0.15, -0.1) is 0 Å². The van der Waals surface area contributed by atoms with Gasteiger partial charge >= 0.3 is 5.63 Å². The van der Waals surface area contributed by atoms with Crippen LogP contribution in [0, 0.1) is 13.8 Å². The first-order valence-electron chi connectivity index (χ1n) is 9.43. The number of ether oxygens (including phenoxy) is 2. The van der Waals surface area contributed by atoms with Gasteiger partial charge in [0.1, 0.15) is 17.1 Å². The summed E-state index contributed by atoms with van der Waals surface area (Å²) in [5, 5.41) is 3.59. The van der Waals surface area contributed by atoms with Gasteiger partial charge < -0.3 is 19.2 Å². The Morgan fingerprint density at radius 3 is 2.45 bits per heavy atom. The van der Waals surface area contributed by atoms with Crippen molar-refractivity contribution in [1.82, 2.24) is 5.32 Å². The van der Waals surface area contributed by atoms with E-state index in [0.29, 0.717) is 35.4 Å². The molecule has 2 aromatic carbocycles. The van der Waals surface area contributed by atoms with Crippen LogP contribution >= 0.6 is 0 Å². The largest absolute Gasteiger partial charge is 0.497 e. The van der Waals surface area contributed by atoms with Crippen molar-refractivity contribution in [3.05, 3.63) is 69.1 Å².